The largest absolute Gasteiger partial charge is 0.390 e. The predicted octanol–water partition coefficient (Wildman–Crippen LogP) is 2.06. The molecule has 0 aromatic rings. The zero-order valence-electron chi connectivity index (χ0n) is 9.71. The molecule has 0 aromatic heterocycles. The molecule has 4 fully saturated rings. The fourth-order valence-corrected chi connectivity index (χ4v) is 5.15. The van der Waals surface area contributed by atoms with Crippen molar-refractivity contribution in [3.63, 3.8) is 0 Å². The average Bonchev–Trinajstić information content (AvgIpc) is 2.12. The highest BCUT2D eigenvalue weighted by molar-refractivity contribution is 5.10. The van der Waals surface area contributed by atoms with Gasteiger partial charge in [0.1, 0.15) is 0 Å². The molecule has 4 saturated carbocycles. The van der Waals surface area contributed by atoms with Gasteiger partial charge in [0.15, 0.2) is 0 Å². The lowest BCUT2D eigenvalue weighted by atomic mass is 9.46. The predicted molar refractivity (Wildman–Crippen MR) is 60.3 cm³/mol. The summed E-state index contributed by atoms with van der Waals surface area (Å²) in [5.74, 6) is 1.54. The Morgan fingerprint density at radius 1 is 1.27 bits per heavy atom. The van der Waals surface area contributed by atoms with Crippen LogP contribution < -0.4 is 5.73 Å². The molecule has 3 N–H and O–H groups in total. The van der Waals surface area contributed by atoms with Gasteiger partial charge in [0.2, 0.25) is 0 Å². The Kier molecular flexibility index (Phi) is 2.01. The maximum Gasteiger partial charge on any atom is 0.0659 e. The molecule has 15 heavy (non-hydrogen) atoms. The zero-order valence-corrected chi connectivity index (χ0v) is 9.71. The maximum absolute atomic E-state index is 10.6. The van der Waals surface area contributed by atoms with Crippen LogP contribution in [0.15, 0.2) is 0 Å². The molecule has 4 bridgehead atoms. The molecular formula is C13H23NO. The molecule has 4 aliphatic rings. The Bertz CT molecular complexity index is 262. The normalized spacial score (nSPS) is 54.6. The summed E-state index contributed by atoms with van der Waals surface area (Å²) in [7, 11) is 0. The fourth-order valence-electron chi connectivity index (χ4n) is 5.15. The summed E-state index contributed by atoms with van der Waals surface area (Å²) in [4.78, 5) is 0. The van der Waals surface area contributed by atoms with Gasteiger partial charge in [-0.25, -0.2) is 0 Å². The first-order valence-corrected chi connectivity index (χ1v) is 6.53. The summed E-state index contributed by atoms with van der Waals surface area (Å²) in [6.45, 7) is 2.19. The molecule has 4 aliphatic carbocycles. The molecule has 0 saturated heterocycles. The van der Waals surface area contributed by atoms with Gasteiger partial charge in [-0.15, -0.1) is 0 Å². The second kappa shape index (κ2) is 2.98. The minimum Gasteiger partial charge on any atom is -0.390 e. The van der Waals surface area contributed by atoms with Gasteiger partial charge >= 0.3 is 0 Å². The summed E-state index contributed by atoms with van der Waals surface area (Å²) in [5.41, 5.74) is 6.28. The molecule has 2 nitrogen and oxygen atoms in total. The maximum atomic E-state index is 10.6. The van der Waals surface area contributed by atoms with Crippen molar-refractivity contribution in [1.82, 2.24) is 0 Å². The number of rotatable bonds is 2. The fraction of sp³-hybridized carbons (Fsp3) is 1.00. The lowest BCUT2D eigenvalue weighted by Gasteiger charge is -2.62. The third kappa shape index (κ3) is 1.38. The number of nitrogens with two attached hydrogens (primary N) is 1. The molecule has 0 radical (unpaired) electrons. The van der Waals surface area contributed by atoms with Gasteiger partial charge in [0.25, 0.3) is 0 Å². The lowest BCUT2D eigenvalue weighted by molar-refractivity contribution is -0.170. The van der Waals surface area contributed by atoms with Crippen LogP contribution in [-0.2, 0) is 0 Å². The summed E-state index contributed by atoms with van der Waals surface area (Å²) in [6.07, 6.45) is 8.11. The third-order valence-corrected chi connectivity index (χ3v) is 5.30. The highest BCUT2D eigenvalue weighted by Gasteiger charge is 2.58. The first kappa shape index (κ1) is 10.1. The van der Waals surface area contributed by atoms with E-state index in [1.54, 1.807) is 0 Å². The van der Waals surface area contributed by atoms with Crippen molar-refractivity contribution in [3.8, 4) is 0 Å². The zero-order chi connectivity index (χ0) is 10.7. The Balaban J connectivity index is 1.92. The van der Waals surface area contributed by atoms with E-state index in [0.29, 0.717) is 11.5 Å². The molecular weight excluding hydrogens is 186 g/mol. The lowest BCUT2D eigenvalue weighted by Crippen LogP contribution is -2.60. The first-order valence-electron chi connectivity index (χ1n) is 6.53. The van der Waals surface area contributed by atoms with E-state index < -0.39 is 0 Å². The van der Waals surface area contributed by atoms with Gasteiger partial charge in [-0.2, -0.15) is 0 Å². The van der Waals surface area contributed by atoms with E-state index in [9.17, 15) is 5.11 Å². The van der Waals surface area contributed by atoms with Crippen molar-refractivity contribution in [1.29, 1.82) is 0 Å². The second-order valence-electron chi connectivity index (χ2n) is 6.56. The summed E-state index contributed by atoms with van der Waals surface area (Å²) in [6, 6.07) is 0.315. The topological polar surface area (TPSA) is 46.2 Å². The van der Waals surface area contributed by atoms with Gasteiger partial charge in [0.05, 0.1) is 5.60 Å². The van der Waals surface area contributed by atoms with Gasteiger partial charge in [-0.3, -0.25) is 0 Å². The van der Waals surface area contributed by atoms with E-state index >= 15 is 0 Å². The standard InChI is InChI=1S/C13H23NO/c1-2-11(14)12-4-9-3-10(5-12)7-13(15,6-9)8-12/h9-11,15H,2-8,14H2,1H3/t9-,10+,11?,12?,13?. The monoisotopic (exact) mass is 209 g/mol. The highest BCUT2D eigenvalue weighted by atomic mass is 16.3. The Morgan fingerprint density at radius 3 is 2.33 bits per heavy atom. The number of hydrogen-bond donors (Lipinski definition) is 2. The first-order chi connectivity index (χ1) is 7.05. The van der Waals surface area contributed by atoms with Crippen LogP contribution in [0.2, 0.25) is 0 Å². The van der Waals surface area contributed by atoms with Gasteiger partial charge in [-0.05, 0) is 62.2 Å². The summed E-state index contributed by atoms with van der Waals surface area (Å²) in [5, 5.41) is 10.6. The van der Waals surface area contributed by atoms with Crippen LogP contribution in [0.5, 0.6) is 0 Å². The Hall–Kier alpha value is -0.0800. The molecule has 0 amide bonds. The second-order valence-corrected chi connectivity index (χ2v) is 6.56. The van der Waals surface area contributed by atoms with Crippen LogP contribution in [0.25, 0.3) is 0 Å². The molecule has 4 rings (SSSR count). The SMILES string of the molecule is CCC(N)C12C[C@@H]3C[C@@H](CC(O)(C3)C1)C2. The molecule has 86 valence electrons. The third-order valence-electron chi connectivity index (χ3n) is 5.30. The average molecular weight is 209 g/mol. The van der Waals surface area contributed by atoms with E-state index in [4.69, 9.17) is 5.73 Å². The van der Waals surface area contributed by atoms with Crippen LogP contribution in [0.3, 0.4) is 0 Å². The molecule has 0 aromatic carbocycles. The van der Waals surface area contributed by atoms with Crippen molar-refractivity contribution in [2.45, 2.75) is 63.5 Å². The Labute approximate surface area is 92.2 Å². The van der Waals surface area contributed by atoms with Gasteiger partial charge in [-0.1, -0.05) is 6.92 Å². The summed E-state index contributed by atoms with van der Waals surface area (Å²) >= 11 is 0. The van der Waals surface area contributed by atoms with Crippen LogP contribution in [0, 0.1) is 17.3 Å². The van der Waals surface area contributed by atoms with Crippen LogP contribution >= 0.6 is 0 Å². The number of hydrogen-bond acceptors (Lipinski definition) is 2. The minimum absolute atomic E-state index is 0.299. The quantitative estimate of drug-likeness (QED) is 0.731. The van der Waals surface area contributed by atoms with Crippen molar-refractivity contribution < 1.29 is 5.11 Å². The van der Waals surface area contributed by atoms with Crippen LogP contribution in [-0.4, -0.2) is 16.7 Å². The minimum atomic E-state index is -0.336. The van der Waals surface area contributed by atoms with Crippen molar-refractivity contribution >= 4 is 0 Å². The molecule has 0 aliphatic heterocycles. The van der Waals surface area contributed by atoms with Crippen molar-refractivity contribution in [2.75, 3.05) is 0 Å². The van der Waals surface area contributed by atoms with Crippen LogP contribution in [0.4, 0.5) is 0 Å². The smallest absolute Gasteiger partial charge is 0.0659 e. The van der Waals surface area contributed by atoms with Crippen molar-refractivity contribution in [2.24, 2.45) is 23.0 Å². The van der Waals surface area contributed by atoms with E-state index in [1.165, 1.54) is 19.3 Å². The van der Waals surface area contributed by atoms with Gasteiger partial charge in [0, 0.05) is 6.04 Å². The van der Waals surface area contributed by atoms with Crippen LogP contribution in [0.1, 0.15) is 51.9 Å². The van der Waals surface area contributed by atoms with E-state index in [0.717, 1.165) is 37.5 Å². The molecule has 3 unspecified atom stereocenters. The van der Waals surface area contributed by atoms with E-state index in [2.05, 4.69) is 6.92 Å². The van der Waals surface area contributed by atoms with E-state index in [-0.39, 0.29) is 5.60 Å². The van der Waals surface area contributed by atoms with E-state index in [1.807, 2.05) is 0 Å². The molecule has 2 heteroatoms. The molecule has 0 spiro atoms. The molecule has 5 atom stereocenters. The van der Waals surface area contributed by atoms with Crippen molar-refractivity contribution in [3.05, 3.63) is 0 Å². The summed E-state index contributed by atoms with van der Waals surface area (Å²) < 4.78 is 0. The van der Waals surface area contributed by atoms with Gasteiger partial charge < -0.3 is 10.8 Å². The molecule has 0 heterocycles. The Morgan fingerprint density at radius 2 is 1.87 bits per heavy atom. The number of aliphatic hydroxyl groups is 1. The highest BCUT2D eigenvalue weighted by Crippen LogP contribution is 2.62.